The highest BCUT2D eigenvalue weighted by Crippen LogP contribution is 2.24. The molecular formula is C15H18BrN3S. The lowest BCUT2D eigenvalue weighted by atomic mass is 10.4. The van der Waals surface area contributed by atoms with Crippen molar-refractivity contribution < 1.29 is 0 Å². The molecule has 106 valence electrons. The molecule has 0 aliphatic rings. The summed E-state index contributed by atoms with van der Waals surface area (Å²) in [6, 6.07) is 10.2. The zero-order valence-electron chi connectivity index (χ0n) is 11.5. The van der Waals surface area contributed by atoms with E-state index in [1.165, 1.54) is 4.90 Å². The number of rotatable bonds is 7. The second kappa shape index (κ2) is 8.39. The quantitative estimate of drug-likeness (QED) is 0.603. The minimum absolute atomic E-state index is 0.790. The van der Waals surface area contributed by atoms with Gasteiger partial charge in [-0.05, 0) is 37.2 Å². The van der Waals surface area contributed by atoms with Crippen molar-refractivity contribution in [3.8, 4) is 0 Å². The third-order valence-corrected chi connectivity index (χ3v) is 4.14. The maximum atomic E-state index is 4.58. The Hall–Kier alpha value is -0.910. The third kappa shape index (κ3) is 5.23. The summed E-state index contributed by atoms with van der Waals surface area (Å²) in [7, 11) is 0. The van der Waals surface area contributed by atoms with E-state index in [4.69, 9.17) is 0 Å². The van der Waals surface area contributed by atoms with Gasteiger partial charge in [0.25, 0.3) is 0 Å². The molecule has 20 heavy (non-hydrogen) atoms. The van der Waals surface area contributed by atoms with Crippen LogP contribution in [0.25, 0.3) is 0 Å². The molecule has 1 heterocycles. The van der Waals surface area contributed by atoms with Crippen LogP contribution in [0.2, 0.25) is 0 Å². The lowest BCUT2D eigenvalue weighted by Crippen LogP contribution is -2.15. The Balaban J connectivity index is 1.91. The number of aromatic nitrogens is 2. The minimum atomic E-state index is 0.790. The zero-order chi connectivity index (χ0) is 14.2. The topological polar surface area (TPSA) is 37.8 Å². The molecule has 5 heteroatoms. The van der Waals surface area contributed by atoms with Gasteiger partial charge >= 0.3 is 0 Å². The van der Waals surface area contributed by atoms with Crippen LogP contribution in [-0.4, -0.2) is 16.5 Å². The van der Waals surface area contributed by atoms with E-state index in [2.05, 4.69) is 50.3 Å². The summed E-state index contributed by atoms with van der Waals surface area (Å²) in [6.45, 7) is 3.99. The molecule has 1 aromatic carbocycles. The van der Waals surface area contributed by atoms with Gasteiger partial charge in [-0.2, -0.15) is 0 Å². The van der Waals surface area contributed by atoms with Crippen molar-refractivity contribution >= 4 is 27.7 Å². The third-order valence-electron chi connectivity index (χ3n) is 2.66. The first-order valence-electron chi connectivity index (χ1n) is 6.68. The van der Waals surface area contributed by atoms with Gasteiger partial charge in [-0.25, -0.2) is 9.97 Å². The van der Waals surface area contributed by atoms with Gasteiger partial charge in [0.2, 0.25) is 0 Å². The average molecular weight is 352 g/mol. The van der Waals surface area contributed by atoms with Gasteiger partial charge in [-0.1, -0.05) is 28.9 Å². The Labute approximate surface area is 132 Å². The first-order valence-corrected chi connectivity index (χ1v) is 8.45. The first-order chi connectivity index (χ1) is 9.78. The lowest BCUT2D eigenvalue weighted by Gasteiger charge is -2.05. The number of thioether (sulfide) groups is 1. The van der Waals surface area contributed by atoms with Crippen LogP contribution in [0.3, 0.4) is 0 Å². The minimum Gasteiger partial charge on any atom is -0.311 e. The van der Waals surface area contributed by atoms with Gasteiger partial charge in [-0.3, -0.25) is 0 Å². The van der Waals surface area contributed by atoms with Crippen LogP contribution >= 0.6 is 27.7 Å². The summed E-state index contributed by atoms with van der Waals surface area (Å²) in [4.78, 5) is 10.1. The van der Waals surface area contributed by atoms with E-state index >= 15 is 0 Å². The number of hydrogen-bond donors (Lipinski definition) is 1. The van der Waals surface area contributed by atoms with Gasteiger partial charge in [0.1, 0.15) is 5.82 Å². The Morgan fingerprint density at radius 2 is 2.20 bits per heavy atom. The maximum absolute atomic E-state index is 4.58. The Bertz CT molecular complexity index is 548. The molecule has 0 aliphatic heterocycles. The number of benzene rings is 1. The second-order valence-corrected chi connectivity index (χ2v) is 6.35. The van der Waals surface area contributed by atoms with Crippen molar-refractivity contribution in [1.29, 1.82) is 0 Å². The van der Waals surface area contributed by atoms with Crippen LogP contribution in [-0.2, 0) is 12.3 Å². The van der Waals surface area contributed by atoms with Gasteiger partial charge in [0.15, 0.2) is 0 Å². The summed E-state index contributed by atoms with van der Waals surface area (Å²) in [6.07, 6.45) is 2.98. The molecule has 0 saturated carbocycles. The molecule has 0 amide bonds. The Kier molecular flexibility index (Phi) is 6.50. The number of halogens is 1. The highest BCUT2D eigenvalue weighted by Gasteiger charge is 2.01. The molecule has 0 saturated heterocycles. The normalized spacial score (nSPS) is 10.7. The number of hydrogen-bond acceptors (Lipinski definition) is 4. The van der Waals surface area contributed by atoms with Crippen LogP contribution < -0.4 is 5.32 Å². The van der Waals surface area contributed by atoms with Crippen LogP contribution in [0, 0.1) is 0 Å². The van der Waals surface area contributed by atoms with E-state index in [1.807, 2.05) is 24.4 Å². The standard InChI is InChI=1S/C15H18BrN3S/c1-2-7-17-10-13-6-8-18-15(19-13)11-20-14-5-3-4-12(16)9-14/h3-6,8-9,17H,2,7,10-11H2,1H3. The molecule has 0 unspecified atom stereocenters. The van der Waals surface area contributed by atoms with Crippen molar-refractivity contribution in [3.05, 3.63) is 52.5 Å². The van der Waals surface area contributed by atoms with E-state index in [-0.39, 0.29) is 0 Å². The fourth-order valence-electron chi connectivity index (χ4n) is 1.71. The highest BCUT2D eigenvalue weighted by molar-refractivity contribution is 9.10. The monoisotopic (exact) mass is 351 g/mol. The molecule has 0 bridgehead atoms. The van der Waals surface area contributed by atoms with Crippen molar-refractivity contribution in [2.45, 2.75) is 30.5 Å². The summed E-state index contributed by atoms with van der Waals surface area (Å²) in [5.41, 5.74) is 1.05. The van der Waals surface area contributed by atoms with Gasteiger partial charge in [-0.15, -0.1) is 11.8 Å². The molecule has 2 rings (SSSR count). The molecular weight excluding hydrogens is 334 g/mol. The molecule has 0 fully saturated rings. The molecule has 2 aromatic rings. The summed E-state index contributed by atoms with van der Waals surface area (Å²) in [5, 5.41) is 3.36. The van der Waals surface area contributed by atoms with E-state index < -0.39 is 0 Å². The number of nitrogens with zero attached hydrogens (tertiary/aromatic N) is 2. The molecule has 1 N–H and O–H groups in total. The van der Waals surface area contributed by atoms with Crippen molar-refractivity contribution in [3.63, 3.8) is 0 Å². The van der Waals surface area contributed by atoms with Gasteiger partial charge in [0.05, 0.1) is 11.4 Å². The van der Waals surface area contributed by atoms with Crippen molar-refractivity contribution in [1.82, 2.24) is 15.3 Å². The van der Waals surface area contributed by atoms with Crippen molar-refractivity contribution in [2.24, 2.45) is 0 Å². The fourth-order valence-corrected chi connectivity index (χ4v) is 3.08. The second-order valence-electron chi connectivity index (χ2n) is 4.39. The highest BCUT2D eigenvalue weighted by atomic mass is 79.9. The largest absolute Gasteiger partial charge is 0.311 e. The summed E-state index contributed by atoms with van der Waals surface area (Å²) < 4.78 is 1.10. The van der Waals surface area contributed by atoms with E-state index in [0.717, 1.165) is 41.3 Å². The van der Waals surface area contributed by atoms with E-state index in [0.29, 0.717) is 0 Å². The molecule has 0 atom stereocenters. The van der Waals surface area contributed by atoms with Crippen LogP contribution in [0.4, 0.5) is 0 Å². The van der Waals surface area contributed by atoms with E-state index in [1.54, 1.807) is 11.8 Å². The number of nitrogens with one attached hydrogen (secondary N) is 1. The predicted octanol–water partition coefficient (Wildman–Crippen LogP) is 4.03. The zero-order valence-corrected chi connectivity index (χ0v) is 13.9. The lowest BCUT2D eigenvalue weighted by molar-refractivity contribution is 0.660. The van der Waals surface area contributed by atoms with Gasteiger partial charge < -0.3 is 5.32 Å². The first kappa shape index (κ1) is 15.5. The van der Waals surface area contributed by atoms with Gasteiger partial charge in [0, 0.05) is 22.1 Å². The van der Waals surface area contributed by atoms with Crippen LogP contribution in [0.5, 0.6) is 0 Å². The molecule has 0 spiro atoms. The van der Waals surface area contributed by atoms with E-state index in [9.17, 15) is 0 Å². The summed E-state index contributed by atoms with van der Waals surface area (Å²) >= 11 is 5.23. The maximum Gasteiger partial charge on any atom is 0.138 e. The Morgan fingerprint density at radius 1 is 1.30 bits per heavy atom. The van der Waals surface area contributed by atoms with Crippen LogP contribution in [0.1, 0.15) is 24.9 Å². The van der Waals surface area contributed by atoms with Crippen LogP contribution in [0.15, 0.2) is 45.9 Å². The Morgan fingerprint density at radius 3 is 3.00 bits per heavy atom. The SMILES string of the molecule is CCCNCc1ccnc(CSc2cccc(Br)c2)n1. The smallest absolute Gasteiger partial charge is 0.138 e. The van der Waals surface area contributed by atoms with Crippen molar-refractivity contribution in [2.75, 3.05) is 6.54 Å². The average Bonchev–Trinajstić information content (AvgIpc) is 2.46. The summed E-state index contributed by atoms with van der Waals surface area (Å²) in [5.74, 6) is 1.67. The molecule has 3 nitrogen and oxygen atoms in total. The fraction of sp³-hybridized carbons (Fsp3) is 0.333. The molecule has 1 aromatic heterocycles. The predicted molar refractivity (Wildman–Crippen MR) is 87.7 cm³/mol. The molecule has 0 aliphatic carbocycles. The molecule has 0 radical (unpaired) electrons.